The number of amides is 1. The molecular formula is C13H24F3N3O. The van der Waals surface area contributed by atoms with Gasteiger partial charge in [-0.3, -0.25) is 9.69 Å². The van der Waals surface area contributed by atoms with E-state index in [0.29, 0.717) is 32.6 Å². The minimum absolute atomic E-state index is 0.00127. The summed E-state index contributed by atoms with van der Waals surface area (Å²) in [6.07, 6.45) is -3.11. The van der Waals surface area contributed by atoms with Gasteiger partial charge in [0.1, 0.15) is 0 Å². The van der Waals surface area contributed by atoms with Gasteiger partial charge in [-0.2, -0.15) is 13.2 Å². The van der Waals surface area contributed by atoms with E-state index in [0.717, 1.165) is 6.42 Å². The topological polar surface area (TPSA) is 49.6 Å². The molecule has 2 N–H and O–H groups in total. The van der Waals surface area contributed by atoms with Crippen molar-refractivity contribution in [3.8, 4) is 0 Å². The summed E-state index contributed by atoms with van der Waals surface area (Å²) in [5.74, 6) is 0.121. The highest BCUT2D eigenvalue weighted by atomic mass is 19.4. The van der Waals surface area contributed by atoms with Crippen LogP contribution < -0.4 is 5.73 Å². The maximum atomic E-state index is 12.4. The fourth-order valence-electron chi connectivity index (χ4n) is 2.54. The molecule has 0 aromatic heterocycles. The molecule has 1 heterocycles. The Morgan fingerprint density at radius 2 is 2.15 bits per heavy atom. The Kier molecular flexibility index (Phi) is 6.26. The SMILES string of the molecule is CCN(CC1CCN(C(=O)CC(C)N)C1)CC(F)(F)F. The zero-order chi connectivity index (χ0) is 15.3. The third-order valence-corrected chi connectivity index (χ3v) is 3.50. The van der Waals surface area contributed by atoms with E-state index in [2.05, 4.69) is 0 Å². The smallest absolute Gasteiger partial charge is 0.342 e. The highest BCUT2D eigenvalue weighted by Crippen LogP contribution is 2.21. The van der Waals surface area contributed by atoms with Crippen molar-refractivity contribution in [3.05, 3.63) is 0 Å². The number of halogens is 3. The summed E-state index contributed by atoms with van der Waals surface area (Å²) in [5, 5.41) is 0. The van der Waals surface area contributed by atoms with Gasteiger partial charge in [-0.1, -0.05) is 6.92 Å². The van der Waals surface area contributed by atoms with Gasteiger partial charge in [0.25, 0.3) is 0 Å². The summed E-state index contributed by atoms with van der Waals surface area (Å²) < 4.78 is 37.2. The number of carbonyl (C=O) groups excluding carboxylic acids is 1. The van der Waals surface area contributed by atoms with Crippen molar-refractivity contribution < 1.29 is 18.0 Å². The quantitative estimate of drug-likeness (QED) is 0.807. The number of nitrogens with zero attached hydrogens (tertiary/aromatic N) is 2. The van der Waals surface area contributed by atoms with Crippen molar-refractivity contribution in [3.63, 3.8) is 0 Å². The molecule has 7 heteroatoms. The van der Waals surface area contributed by atoms with Crippen LogP contribution in [0.5, 0.6) is 0 Å². The predicted octanol–water partition coefficient (Wildman–Crippen LogP) is 1.46. The van der Waals surface area contributed by atoms with E-state index in [1.54, 1.807) is 18.7 Å². The van der Waals surface area contributed by atoms with E-state index in [1.165, 1.54) is 4.90 Å². The van der Waals surface area contributed by atoms with Crippen molar-refractivity contribution in [2.24, 2.45) is 11.7 Å². The number of rotatable bonds is 6. The zero-order valence-corrected chi connectivity index (χ0v) is 12.1. The maximum absolute atomic E-state index is 12.4. The normalized spacial score (nSPS) is 21.6. The summed E-state index contributed by atoms with van der Waals surface area (Å²) >= 11 is 0. The van der Waals surface area contributed by atoms with Crippen LogP contribution in [0.3, 0.4) is 0 Å². The Balaban J connectivity index is 2.41. The molecule has 0 aliphatic carbocycles. The molecule has 2 unspecified atom stereocenters. The van der Waals surface area contributed by atoms with Crippen LogP contribution in [-0.2, 0) is 4.79 Å². The molecule has 1 fully saturated rings. The molecule has 0 spiro atoms. The van der Waals surface area contributed by atoms with Crippen molar-refractivity contribution in [2.75, 3.05) is 32.7 Å². The zero-order valence-electron chi connectivity index (χ0n) is 12.1. The highest BCUT2D eigenvalue weighted by Gasteiger charge is 2.33. The molecule has 0 saturated carbocycles. The average Bonchev–Trinajstić information content (AvgIpc) is 2.74. The molecule has 1 aliphatic heterocycles. The highest BCUT2D eigenvalue weighted by molar-refractivity contribution is 5.77. The van der Waals surface area contributed by atoms with Gasteiger partial charge in [0.05, 0.1) is 6.54 Å². The van der Waals surface area contributed by atoms with Gasteiger partial charge >= 0.3 is 6.18 Å². The predicted molar refractivity (Wildman–Crippen MR) is 71.1 cm³/mol. The van der Waals surface area contributed by atoms with E-state index < -0.39 is 12.7 Å². The Labute approximate surface area is 118 Å². The summed E-state index contributed by atoms with van der Waals surface area (Å²) in [6, 6.07) is -0.182. The molecule has 0 aromatic carbocycles. The molecule has 4 nitrogen and oxygen atoms in total. The van der Waals surface area contributed by atoms with Crippen molar-refractivity contribution in [2.45, 2.75) is 38.9 Å². The van der Waals surface area contributed by atoms with Gasteiger partial charge in [0.15, 0.2) is 0 Å². The van der Waals surface area contributed by atoms with Crippen LogP contribution in [0.2, 0.25) is 0 Å². The van der Waals surface area contributed by atoms with E-state index in [9.17, 15) is 18.0 Å². The summed E-state index contributed by atoms with van der Waals surface area (Å²) in [7, 11) is 0. The Morgan fingerprint density at radius 1 is 1.50 bits per heavy atom. The number of hydrogen-bond acceptors (Lipinski definition) is 3. The largest absolute Gasteiger partial charge is 0.401 e. The molecule has 0 radical (unpaired) electrons. The van der Waals surface area contributed by atoms with Crippen molar-refractivity contribution >= 4 is 5.91 Å². The third kappa shape index (κ3) is 6.09. The number of alkyl halides is 3. The van der Waals surface area contributed by atoms with Crippen LogP contribution in [-0.4, -0.2) is 60.6 Å². The fourth-order valence-corrected chi connectivity index (χ4v) is 2.54. The summed E-state index contributed by atoms with van der Waals surface area (Å²) in [5.41, 5.74) is 5.59. The molecule has 2 atom stereocenters. The first-order valence-electron chi connectivity index (χ1n) is 7.03. The second kappa shape index (κ2) is 7.26. The van der Waals surface area contributed by atoms with Crippen LogP contribution in [0.4, 0.5) is 13.2 Å². The van der Waals surface area contributed by atoms with Gasteiger partial charge in [0.2, 0.25) is 5.91 Å². The molecule has 20 heavy (non-hydrogen) atoms. The lowest BCUT2D eigenvalue weighted by Gasteiger charge is -2.25. The van der Waals surface area contributed by atoms with E-state index >= 15 is 0 Å². The van der Waals surface area contributed by atoms with E-state index in [4.69, 9.17) is 5.73 Å². The Bertz CT molecular complexity index is 320. The van der Waals surface area contributed by atoms with Crippen molar-refractivity contribution in [1.82, 2.24) is 9.80 Å². The molecule has 0 aromatic rings. The molecule has 118 valence electrons. The molecule has 0 bridgehead atoms. The van der Waals surface area contributed by atoms with E-state index in [-0.39, 0.29) is 17.9 Å². The Hall–Kier alpha value is -0.820. The molecule has 1 rings (SSSR count). The van der Waals surface area contributed by atoms with Crippen LogP contribution in [0, 0.1) is 5.92 Å². The van der Waals surface area contributed by atoms with Crippen LogP contribution in [0.1, 0.15) is 26.7 Å². The van der Waals surface area contributed by atoms with Gasteiger partial charge in [0, 0.05) is 32.1 Å². The van der Waals surface area contributed by atoms with Gasteiger partial charge in [-0.05, 0) is 25.8 Å². The lowest BCUT2D eigenvalue weighted by Crippen LogP contribution is -2.39. The fraction of sp³-hybridized carbons (Fsp3) is 0.923. The van der Waals surface area contributed by atoms with Gasteiger partial charge < -0.3 is 10.6 Å². The maximum Gasteiger partial charge on any atom is 0.401 e. The number of nitrogens with two attached hydrogens (primary N) is 1. The van der Waals surface area contributed by atoms with Gasteiger partial charge in [-0.15, -0.1) is 0 Å². The number of hydrogen-bond donors (Lipinski definition) is 1. The monoisotopic (exact) mass is 295 g/mol. The lowest BCUT2D eigenvalue weighted by atomic mass is 10.1. The van der Waals surface area contributed by atoms with E-state index in [1.807, 2.05) is 0 Å². The summed E-state index contributed by atoms with van der Waals surface area (Å²) in [6.45, 7) is 4.53. The van der Waals surface area contributed by atoms with Gasteiger partial charge in [-0.25, -0.2) is 0 Å². The first-order valence-corrected chi connectivity index (χ1v) is 7.03. The minimum atomic E-state index is -4.17. The Morgan fingerprint density at radius 3 is 2.65 bits per heavy atom. The number of carbonyl (C=O) groups is 1. The summed E-state index contributed by atoms with van der Waals surface area (Å²) in [4.78, 5) is 14.9. The molecule has 1 amide bonds. The molecular weight excluding hydrogens is 271 g/mol. The van der Waals surface area contributed by atoms with Crippen LogP contribution >= 0.6 is 0 Å². The van der Waals surface area contributed by atoms with Crippen molar-refractivity contribution in [1.29, 1.82) is 0 Å². The second-order valence-electron chi connectivity index (χ2n) is 5.62. The molecule has 1 aliphatic rings. The van der Waals surface area contributed by atoms with Crippen LogP contribution in [0.25, 0.3) is 0 Å². The first-order chi connectivity index (χ1) is 9.21. The average molecular weight is 295 g/mol. The second-order valence-corrected chi connectivity index (χ2v) is 5.62. The minimum Gasteiger partial charge on any atom is -0.342 e. The first kappa shape index (κ1) is 17.2. The third-order valence-electron chi connectivity index (χ3n) is 3.50. The molecule has 1 saturated heterocycles. The van der Waals surface area contributed by atoms with Crippen LogP contribution in [0.15, 0.2) is 0 Å². The standard InChI is InChI=1S/C13H24F3N3O/c1-3-18(9-13(14,15)16)7-11-4-5-19(8-11)12(20)6-10(2)17/h10-11H,3-9,17H2,1-2H3. The number of likely N-dealkylation sites (tertiary alicyclic amines) is 1. The lowest BCUT2D eigenvalue weighted by molar-refractivity contribution is -0.146.